The predicted molar refractivity (Wildman–Crippen MR) is 98.3 cm³/mol. The summed E-state index contributed by atoms with van der Waals surface area (Å²) in [5, 5.41) is 3.01. The van der Waals surface area contributed by atoms with Crippen LogP contribution >= 0.6 is 0 Å². The molecule has 1 heterocycles. The Hall–Kier alpha value is -2.54. The second-order valence-electron chi connectivity index (χ2n) is 6.80. The first-order chi connectivity index (χ1) is 12.8. The predicted octanol–water partition coefficient (Wildman–Crippen LogP) is 3.88. The number of hydrogen-bond donors (Lipinski definition) is 2. The Morgan fingerprint density at radius 1 is 1.11 bits per heavy atom. The van der Waals surface area contributed by atoms with E-state index in [0.29, 0.717) is 0 Å². The van der Waals surface area contributed by atoms with E-state index in [2.05, 4.69) is 22.3 Å². The molecule has 4 nitrogen and oxygen atoms in total. The molecule has 144 valence electrons. The van der Waals surface area contributed by atoms with Gasteiger partial charge in [0.15, 0.2) is 0 Å². The maximum absolute atomic E-state index is 13.3. The third-order valence-electron chi connectivity index (χ3n) is 4.81. The Bertz CT molecular complexity index is 785. The highest BCUT2D eigenvalue weighted by Gasteiger charge is 2.35. The van der Waals surface area contributed by atoms with Gasteiger partial charge in [-0.3, -0.25) is 9.69 Å². The fourth-order valence-electron chi connectivity index (χ4n) is 3.35. The average molecular weight is 377 g/mol. The summed E-state index contributed by atoms with van der Waals surface area (Å²) in [6, 6.07) is 13.5. The van der Waals surface area contributed by atoms with Crippen LogP contribution < -0.4 is 11.1 Å². The molecule has 1 aliphatic heterocycles. The van der Waals surface area contributed by atoms with Gasteiger partial charge in [-0.1, -0.05) is 30.3 Å². The number of piperidine rings is 1. The van der Waals surface area contributed by atoms with Gasteiger partial charge in [0.25, 0.3) is 0 Å². The second kappa shape index (κ2) is 8.00. The van der Waals surface area contributed by atoms with Crippen LogP contribution in [0.5, 0.6) is 0 Å². The first kappa shape index (κ1) is 19.2. The molecule has 0 bridgehead atoms. The van der Waals surface area contributed by atoms with Crippen LogP contribution in [0.25, 0.3) is 0 Å². The number of alkyl halides is 3. The summed E-state index contributed by atoms with van der Waals surface area (Å²) in [5.74, 6) is -0.874. The smallest absolute Gasteiger partial charge is 0.382 e. The normalized spacial score (nSPS) is 16.3. The van der Waals surface area contributed by atoms with Crippen molar-refractivity contribution in [2.75, 3.05) is 18.4 Å². The number of halogens is 3. The van der Waals surface area contributed by atoms with Gasteiger partial charge in [0.2, 0.25) is 5.91 Å². The van der Waals surface area contributed by atoms with E-state index in [4.69, 9.17) is 5.73 Å². The number of rotatable bonds is 5. The average Bonchev–Trinajstić information content (AvgIpc) is 2.63. The molecule has 3 rings (SSSR count). The van der Waals surface area contributed by atoms with Gasteiger partial charge < -0.3 is 11.1 Å². The van der Waals surface area contributed by atoms with Gasteiger partial charge >= 0.3 is 6.18 Å². The Morgan fingerprint density at radius 3 is 2.37 bits per heavy atom. The number of anilines is 1. The number of likely N-dealkylation sites (tertiary alicyclic amines) is 1. The Kier molecular flexibility index (Phi) is 5.70. The van der Waals surface area contributed by atoms with Crippen molar-refractivity contribution in [1.82, 2.24) is 4.90 Å². The molecule has 0 atom stereocenters. The number of nitrogens with two attached hydrogens (primary N) is 1. The molecule has 1 aliphatic rings. The lowest BCUT2D eigenvalue weighted by Gasteiger charge is -2.33. The van der Waals surface area contributed by atoms with Crippen LogP contribution in [-0.2, 0) is 12.7 Å². The summed E-state index contributed by atoms with van der Waals surface area (Å²) < 4.78 is 40.0. The molecule has 7 heteroatoms. The monoisotopic (exact) mass is 377 g/mol. The van der Waals surface area contributed by atoms with Crippen molar-refractivity contribution in [3.8, 4) is 0 Å². The van der Waals surface area contributed by atoms with Crippen molar-refractivity contribution in [3.63, 3.8) is 0 Å². The van der Waals surface area contributed by atoms with Crippen molar-refractivity contribution in [1.29, 1.82) is 0 Å². The fourth-order valence-corrected chi connectivity index (χ4v) is 3.35. The van der Waals surface area contributed by atoms with Gasteiger partial charge in [-0.05, 0) is 36.6 Å². The minimum atomic E-state index is -4.55. The first-order valence-electron chi connectivity index (χ1n) is 8.87. The van der Waals surface area contributed by atoms with E-state index >= 15 is 0 Å². The zero-order chi connectivity index (χ0) is 19.4. The highest BCUT2D eigenvalue weighted by molar-refractivity contribution is 5.93. The second-order valence-corrected chi connectivity index (χ2v) is 6.80. The topological polar surface area (TPSA) is 58.4 Å². The number of nitrogens with zero attached hydrogens (tertiary/aromatic N) is 1. The maximum Gasteiger partial charge on any atom is 0.418 e. The van der Waals surface area contributed by atoms with E-state index in [9.17, 15) is 18.0 Å². The molecule has 27 heavy (non-hydrogen) atoms. The summed E-state index contributed by atoms with van der Waals surface area (Å²) >= 11 is 0. The molecule has 3 N–H and O–H groups in total. The van der Waals surface area contributed by atoms with Crippen molar-refractivity contribution in [2.45, 2.75) is 31.6 Å². The maximum atomic E-state index is 13.3. The first-order valence-corrected chi connectivity index (χ1v) is 8.87. The molecule has 2 aromatic carbocycles. The van der Waals surface area contributed by atoms with E-state index in [1.54, 1.807) is 0 Å². The van der Waals surface area contributed by atoms with E-state index in [-0.39, 0.29) is 17.3 Å². The SMILES string of the molecule is NC(=O)c1ccc(NC2CCN(Cc3ccccc3)CC2)c(C(F)(F)F)c1. The molecule has 0 unspecified atom stereocenters. The molecule has 0 aliphatic carbocycles. The third kappa shape index (κ3) is 5.01. The number of benzene rings is 2. The van der Waals surface area contributed by atoms with Crippen LogP contribution in [0.3, 0.4) is 0 Å². The van der Waals surface area contributed by atoms with Crippen molar-refractivity contribution in [2.24, 2.45) is 5.73 Å². The van der Waals surface area contributed by atoms with Crippen LogP contribution in [0.2, 0.25) is 0 Å². The molecule has 0 aromatic heterocycles. The largest absolute Gasteiger partial charge is 0.418 e. The van der Waals surface area contributed by atoms with E-state index in [1.807, 2.05) is 18.2 Å². The number of hydrogen-bond acceptors (Lipinski definition) is 3. The zero-order valence-corrected chi connectivity index (χ0v) is 14.8. The third-order valence-corrected chi connectivity index (χ3v) is 4.81. The van der Waals surface area contributed by atoms with Gasteiger partial charge in [0.05, 0.1) is 5.56 Å². The molecule has 0 radical (unpaired) electrons. The summed E-state index contributed by atoms with van der Waals surface area (Å²) in [5.41, 5.74) is 5.32. The van der Waals surface area contributed by atoms with Gasteiger partial charge in [-0.15, -0.1) is 0 Å². The summed E-state index contributed by atoms with van der Waals surface area (Å²) in [4.78, 5) is 13.5. The summed E-state index contributed by atoms with van der Waals surface area (Å²) in [6.45, 7) is 2.47. The van der Waals surface area contributed by atoms with Crippen LogP contribution in [-0.4, -0.2) is 29.9 Å². The van der Waals surface area contributed by atoms with E-state index in [1.165, 1.54) is 17.7 Å². The van der Waals surface area contributed by atoms with Gasteiger partial charge in [0.1, 0.15) is 0 Å². The van der Waals surface area contributed by atoms with Crippen LogP contribution in [0.4, 0.5) is 18.9 Å². The minimum absolute atomic E-state index is 0.00555. The van der Waals surface area contributed by atoms with Gasteiger partial charge in [0, 0.05) is 36.9 Å². The van der Waals surface area contributed by atoms with Gasteiger partial charge in [-0.2, -0.15) is 13.2 Å². The van der Waals surface area contributed by atoms with Crippen molar-refractivity contribution < 1.29 is 18.0 Å². The molecule has 2 aromatic rings. The standard InChI is InChI=1S/C20H22F3N3O/c21-20(22,23)17-12-15(19(24)27)6-7-18(17)25-16-8-10-26(11-9-16)13-14-4-2-1-3-5-14/h1-7,12,16,25H,8-11,13H2,(H2,24,27). The Morgan fingerprint density at radius 2 is 1.78 bits per heavy atom. The molecule has 0 saturated carbocycles. The molecule has 1 saturated heterocycles. The minimum Gasteiger partial charge on any atom is -0.382 e. The Balaban J connectivity index is 1.64. The number of carbonyl (C=O) groups excluding carboxylic acids is 1. The van der Waals surface area contributed by atoms with Crippen molar-refractivity contribution in [3.05, 3.63) is 65.2 Å². The molecule has 1 amide bonds. The highest BCUT2D eigenvalue weighted by atomic mass is 19.4. The van der Waals surface area contributed by atoms with Crippen LogP contribution in [0, 0.1) is 0 Å². The number of carbonyl (C=O) groups is 1. The lowest BCUT2D eigenvalue weighted by Crippen LogP contribution is -2.39. The number of primary amides is 1. The zero-order valence-electron chi connectivity index (χ0n) is 14.8. The lowest BCUT2D eigenvalue weighted by atomic mass is 10.0. The van der Waals surface area contributed by atoms with Crippen molar-refractivity contribution >= 4 is 11.6 Å². The summed E-state index contributed by atoms with van der Waals surface area (Å²) in [7, 11) is 0. The van der Waals surface area contributed by atoms with E-state index in [0.717, 1.165) is 38.5 Å². The summed E-state index contributed by atoms with van der Waals surface area (Å²) in [6.07, 6.45) is -3.05. The molecule has 0 spiro atoms. The fraction of sp³-hybridized carbons (Fsp3) is 0.350. The van der Waals surface area contributed by atoms with Crippen LogP contribution in [0.15, 0.2) is 48.5 Å². The number of amides is 1. The Labute approximate surface area is 156 Å². The number of nitrogens with one attached hydrogen (secondary N) is 1. The molecular formula is C20H22F3N3O. The molecular weight excluding hydrogens is 355 g/mol. The van der Waals surface area contributed by atoms with E-state index < -0.39 is 17.6 Å². The quantitative estimate of drug-likeness (QED) is 0.831. The lowest BCUT2D eigenvalue weighted by molar-refractivity contribution is -0.137. The molecule has 1 fully saturated rings. The highest BCUT2D eigenvalue weighted by Crippen LogP contribution is 2.36. The van der Waals surface area contributed by atoms with Gasteiger partial charge in [-0.25, -0.2) is 0 Å². The van der Waals surface area contributed by atoms with Crippen LogP contribution in [0.1, 0.15) is 34.3 Å².